The van der Waals surface area contributed by atoms with Crippen LogP contribution in [0.25, 0.3) is 0 Å². The third-order valence-corrected chi connectivity index (χ3v) is 4.18. The summed E-state index contributed by atoms with van der Waals surface area (Å²) in [6.07, 6.45) is 4.60. The summed E-state index contributed by atoms with van der Waals surface area (Å²) in [6, 6.07) is 6.13. The predicted octanol–water partition coefficient (Wildman–Crippen LogP) is 1.85. The molecule has 1 amide bonds. The van der Waals surface area contributed by atoms with Crippen LogP contribution < -0.4 is 5.32 Å². The number of aromatic hydroxyl groups is 1. The van der Waals surface area contributed by atoms with Crippen LogP contribution in [0.5, 0.6) is 5.75 Å². The molecule has 0 heterocycles. The number of fused-ring (bicyclic) bond motifs is 2. The molecule has 3 N–H and O–H groups in total. The molecular weight excluding hydrogens is 258 g/mol. The highest BCUT2D eigenvalue weighted by molar-refractivity contribution is 5.96. The summed E-state index contributed by atoms with van der Waals surface area (Å²) >= 11 is 0. The molecule has 5 heteroatoms. The molecule has 0 aliphatic heterocycles. The Morgan fingerprint density at radius 2 is 1.65 bits per heavy atom. The monoisotopic (exact) mass is 273 g/mol. The predicted molar refractivity (Wildman–Crippen MR) is 72.1 cm³/mol. The van der Waals surface area contributed by atoms with Crippen molar-refractivity contribution in [1.29, 1.82) is 0 Å². The van der Waals surface area contributed by atoms with E-state index in [0.717, 1.165) is 6.42 Å². The van der Waals surface area contributed by atoms with Gasteiger partial charge in [-0.15, -0.1) is 0 Å². The Morgan fingerprint density at radius 3 is 2.25 bits per heavy atom. The number of anilines is 1. The molecule has 1 saturated carbocycles. The van der Waals surface area contributed by atoms with Crippen LogP contribution in [0.15, 0.2) is 36.4 Å². The normalized spacial score (nSPS) is 30.4. The Hall–Kier alpha value is -2.30. The van der Waals surface area contributed by atoms with Crippen LogP contribution >= 0.6 is 0 Å². The van der Waals surface area contributed by atoms with Gasteiger partial charge in [-0.25, -0.2) is 0 Å². The van der Waals surface area contributed by atoms with E-state index < -0.39 is 17.8 Å². The summed E-state index contributed by atoms with van der Waals surface area (Å²) < 4.78 is 0. The summed E-state index contributed by atoms with van der Waals surface area (Å²) in [7, 11) is 0. The standard InChI is InChI=1S/C15H15NO4/c17-11-5-3-10(4-6-11)16-14(18)12-8-1-2-9(7-8)13(12)15(19)20/h1-6,8-9,12-13,17H,7H2,(H,16,18)(H,19,20). The third-order valence-electron chi connectivity index (χ3n) is 4.18. The highest BCUT2D eigenvalue weighted by atomic mass is 16.4. The molecular formula is C15H15NO4. The number of phenols is 1. The maximum absolute atomic E-state index is 12.3. The van der Waals surface area contributed by atoms with E-state index in [-0.39, 0.29) is 23.5 Å². The minimum atomic E-state index is -0.910. The first-order chi connectivity index (χ1) is 9.56. The number of phenolic OH excluding ortho intramolecular Hbond substituents is 1. The lowest BCUT2D eigenvalue weighted by Gasteiger charge is -2.23. The van der Waals surface area contributed by atoms with Crippen LogP contribution in [0.2, 0.25) is 0 Å². The maximum Gasteiger partial charge on any atom is 0.307 e. The van der Waals surface area contributed by atoms with E-state index in [1.165, 1.54) is 12.1 Å². The van der Waals surface area contributed by atoms with Gasteiger partial charge in [0.25, 0.3) is 0 Å². The molecule has 20 heavy (non-hydrogen) atoms. The number of nitrogens with one attached hydrogen (secondary N) is 1. The van der Waals surface area contributed by atoms with Crippen LogP contribution in [0, 0.1) is 23.7 Å². The summed E-state index contributed by atoms with van der Waals surface area (Å²) in [6.45, 7) is 0. The average Bonchev–Trinajstić information content (AvgIpc) is 3.01. The number of amides is 1. The SMILES string of the molecule is O=C(O)C1C2C=CC(C2)C1C(=O)Nc1ccc(O)cc1. The molecule has 104 valence electrons. The highest BCUT2D eigenvalue weighted by Gasteiger charge is 2.51. The van der Waals surface area contributed by atoms with E-state index in [1.807, 2.05) is 12.2 Å². The number of aliphatic carboxylic acids is 1. The van der Waals surface area contributed by atoms with Gasteiger partial charge in [0.05, 0.1) is 11.8 Å². The van der Waals surface area contributed by atoms with E-state index in [4.69, 9.17) is 0 Å². The Bertz CT molecular complexity index is 578. The van der Waals surface area contributed by atoms with E-state index >= 15 is 0 Å². The van der Waals surface area contributed by atoms with Crippen molar-refractivity contribution in [3.05, 3.63) is 36.4 Å². The minimum Gasteiger partial charge on any atom is -0.508 e. The van der Waals surface area contributed by atoms with Crippen molar-refractivity contribution in [3.63, 3.8) is 0 Å². The van der Waals surface area contributed by atoms with Gasteiger partial charge in [-0.2, -0.15) is 0 Å². The number of allylic oxidation sites excluding steroid dienone is 2. The second kappa shape index (κ2) is 4.67. The lowest BCUT2D eigenvalue weighted by Crippen LogP contribution is -2.36. The van der Waals surface area contributed by atoms with Gasteiger partial charge in [0.1, 0.15) is 5.75 Å². The Balaban J connectivity index is 1.78. The average molecular weight is 273 g/mol. The van der Waals surface area contributed by atoms with E-state index in [1.54, 1.807) is 12.1 Å². The number of hydrogen-bond donors (Lipinski definition) is 3. The Kier molecular flexibility index (Phi) is 2.97. The molecule has 3 rings (SSSR count). The first-order valence-corrected chi connectivity index (χ1v) is 6.57. The minimum absolute atomic E-state index is 0.0122. The fourth-order valence-corrected chi connectivity index (χ4v) is 3.29. The van der Waals surface area contributed by atoms with Gasteiger partial charge in [0.2, 0.25) is 5.91 Å². The number of carbonyl (C=O) groups is 2. The molecule has 5 nitrogen and oxygen atoms in total. The van der Waals surface area contributed by atoms with Gasteiger partial charge < -0.3 is 15.5 Å². The molecule has 4 atom stereocenters. The second-order valence-electron chi connectivity index (χ2n) is 5.37. The quantitative estimate of drug-likeness (QED) is 0.579. The van der Waals surface area contributed by atoms with Crippen LogP contribution in [0.1, 0.15) is 6.42 Å². The van der Waals surface area contributed by atoms with Crippen molar-refractivity contribution in [2.75, 3.05) is 5.32 Å². The Labute approximate surface area is 115 Å². The van der Waals surface area contributed by atoms with Gasteiger partial charge in [-0.05, 0) is 42.5 Å². The molecule has 0 aromatic heterocycles. The zero-order valence-electron chi connectivity index (χ0n) is 10.7. The van der Waals surface area contributed by atoms with Gasteiger partial charge in [-0.3, -0.25) is 9.59 Å². The van der Waals surface area contributed by atoms with Crippen molar-refractivity contribution in [1.82, 2.24) is 0 Å². The molecule has 2 aliphatic rings. The Morgan fingerprint density at radius 1 is 1.05 bits per heavy atom. The number of rotatable bonds is 3. The molecule has 1 aromatic carbocycles. The molecule has 1 fully saturated rings. The largest absolute Gasteiger partial charge is 0.508 e. The van der Waals surface area contributed by atoms with Gasteiger partial charge >= 0.3 is 5.97 Å². The van der Waals surface area contributed by atoms with Crippen molar-refractivity contribution in [3.8, 4) is 5.75 Å². The molecule has 0 spiro atoms. The number of benzene rings is 1. The molecule has 1 aromatic rings. The number of hydrogen-bond acceptors (Lipinski definition) is 3. The van der Waals surface area contributed by atoms with Crippen LogP contribution in [-0.2, 0) is 9.59 Å². The second-order valence-corrected chi connectivity index (χ2v) is 5.37. The van der Waals surface area contributed by atoms with Crippen LogP contribution in [0.4, 0.5) is 5.69 Å². The lowest BCUT2D eigenvalue weighted by molar-refractivity contribution is -0.146. The van der Waals surface area contributed by atoms with Crippen LogP contribution in [0.3, 0.4) is 0 Å². The number of carboxylic acid groups (broad SMARTS) is 1. The fraction of sp³-hybridized carbons (Fsp3) is 0.333. The fourth-order valence-electron chi connectivity index (χ4n) is 3.29. The third kappa shape index (κ3) is 2.05. The van der Waals surface area contributed by atoms with Crippen molar-refractivity contribution >= 4 is 17.6 Å². The summed E-state index contributed by atoms with van der Waals surface area (Å²) in [5, 5.41) is 21.2. The van der Waals surface area contributed by atoms with Gasteiger partial charge in [-0.1, -0.05) is 12.2 Å². The summed E-state index contributed by atoms with van der Waals surface area (Å²) in [5.41, 5.74) is 0.559. The van der Waals surface area contributed by atoms with Crippen LogP contribution in [-0.4, -0.2) is 22.1 Å². The first kappa shape index (κ1) is 12.7. The smallest absolute Gasteiger partial charge is 0.307 e. The van der Waals surface area contributed by atoms with E-state index in [2.05, 4.69) is 5.32 Å². The molecule has 0 saturated heterocycles. The zero-order chi connectivity index (χ0) is 14.3. The maximum atomic E-state index is 12.3. The number of carboxylic acids is 1. The van der Waals surface area contributed by atoms with E-state index in [9.17, 15) is 19.8 Å². The topological polar surface area (TPSA) is 86.6 Å². The zero-order valence-corrected chi connectivity index (χ0v) is 10.7. The molecule has 2 aliphatic carbocycles. The summed E-state index contributed by atoms with van der Waals surface area (Å²) in [4.78, 5) is 23.7. The van der Waals surface area contributed by atoms with Gasteiger partial charge in [0, 0.05) is 5.69 Å². The highest BCUT2D eigenvalue weighted by Crippen LogP contribution is 2.48. The lowest BCUT2D eigenvalue weighted by atomic mass is 9.82. The van der Waals surface area contributed by atoms with Crippen molar-refractivity contribution < 1.29 is 19.8 Å². The summed E-state index contributed by atoms with van der Waals surface area (Å²) in [5.74, 6) is -2.23. The van der Waals surface area contributed by atoms with Crippen molar-refractivity contribution in [2.45, 2.75) is 6.42 Å². The molecule has 4 unspecified atom stereocenters. The number of carbonyl (C=O) groups excluding carboxylic acids is 1. The van der Waals surface area contributed by atoms with Crippen molar-refractivity contribution in [2.24, 2.45) is 23.7 Å². The molecule has 2 bridgehead atoms. The first-order valence-electron chi connectivity index (χ1n) is 6.57. The van der Waals surface area contributed by atoms with Gasteiger partial charge in [0.15, 0.2) is 0 Å². The molecule has 0 radical (unpaired) electrons. The van der Waals surface area contributed by atoms with E-state index in [0.29, 0.717) is 5.69 Å².